The number of aromatic nitrogens is 1. The van der Waals surface area contributed by atoms with Gasteiger partial charge in [0.25, 0.3) is 0 Å². The van der Waals surface area contributed by atoms with Gasteiger partial charge in [-0.25, -0.2) is 4.98 Å². The summed E-state index contributed by atoms with van der Waals surface area (Å²) in [6.45, 7) is 2.19. The minimum atomic E-state index is 0.128. The number of rotatable bonds is 8. The van der Waals surface area contributed by atoms with E-state index in [9.17, 15) is 4.79 Å². The Morgan fingerprint density at radius 3 is 2.93 bits per heavy atom. The molecule has 1 aliphatic heterocycles. The Morgan fingerprint density at radius 2 is 2.19 bits per heavy atom. The summed E-state index contributed by atoms with van der Waals surface area (Å²) in [5, 5.41) is 12.5. The summed E-state index contributed by atoms with van der Waals surface area (Å²) >= 11 is 7.61. The Hall–Kier alpha value is -1.47. The summed E-state index contributed by atoms with van der Waals surface area (Å²) < 4.78 is 5.72. The number of hydrogen-bond donors (Lipinski definition) is 1. The molecule has 0 radical (unpaired) electrons. The normalized spacial score (nSPS) is 15.3. The van der Waals surface area contributed by atoms with Crippen LogP contribution in [0, 0.1) is 0 Å². The van der Waals surface area contributed by atoms with Gasteiger partial charge >= 0.3 is 0 Å². The van der Waals surface area contributed by atoms with Gasteiger partial charge < -0.3 is 14.7 Å². The molecular weight excluding hydrogens is 384 g/mol. The van der Waals surface area contributed by atoms with Gasteiger partial charge in [0.2, 0.25) is 5.91 Å². The Kier molecular flexibility index (Phi) is 7.64. The van der Waals surface area contributed by atoms with Crippen LogP contribution >= 0.6 is 22.9 Å². The van der Waals surface area contributed by atoms with Crippen LogP contribution in [0.3, 0.4) is 0 Å². The van der Waals surface area contributed by atoms with Gasteiger partial charge in [-0.05, 0) is 37.0 Å². The molecule has 1 N–H and O–H groups in total. The zero-order chi connectivity index (χ0) is 19.1. The van der Waals surface area contributed by atoms with E-state index >= 15 is 0 Å². The van der Waals surface area contributed by atoms with Crippen molar-refractivity contribution < 1.29 is 14.6 Å². The molecule has 3 rings (SSSR count). The number of aliphatic hydroxyl groups is 1. The van der Waals surface area contributed by atoms with Crippen molar-refractivity contribution in [2.45, 2.75) is 38.2 Å². The first-order valence-electron chi connectivity index (χ1n) is 9.32. The fourth-order valence-corrected chi connectivity index (χ4v) is 4.23. The van der Waals surface area contributed by atoms with Crippen LogP contribution in [-0.2, 0) is 22.4 Å². The van der Waals surface area contributed by atoms with Crippen molar-refractivity contribution in [3.8, 4) is 0 Å². The summed E-state index contributed by atoms with van der Waals surface area (Å²) in [6, 6.07) is 7.77. The lowest BCUT2D eigenvalue weighted by atomic mass is 10.1. The highest BCUT2D eigenvalue weighted by Crippen LogP contribution is 2.19. The Balaban J connectivity index is 1.45. The van der Waals surface area contributed by atoms with E-state index in [1.165, 1.54) is 0 Å². The average Bonchev–Trinajstić information content (AvgIpc) is 3.09. The first-order valence-corrected chi connectivity index (χ1v) is 10.6. The number of benzene rings is 1. The largest absolute Gasteiger partial charge is 0.396 e. The second-order valence-corrected chi connectivity index (χ2v) is 8.12. The first-order chi connectivity index (χ1) is 13.1. The molecule has 2 heterocycles. The fourth-order valence-electron chi connectivity index (χ4n) is 3.19. The molecule has 0 atom stereocenters. The molecule has 1 aliphatic rings. The molecule has 0 aliphatic carbocycles. The molecule has 0 spiro atoms. The van der Waals surface area contributed by atoms with Crippen LogP contribution in [0.2, 0.25) is 5.02 Å². The first kappa shape index (κ1) is 20.3. The average molecular weight is 409 g/mol. The maximum absolute atomic E-state index is 12.5. The van der Waals surface area contributed by atoms with Crippen molar-refractivity contribution in [1.82, 2.24) is 9.88 Å². The SMILES string of the molecule is O=C(Cc1csc(Cc2cccc(Cl)c2)n1)N1CCC(OCCCO)CC1. The van der Waals surface area contributed by atoms with Crippen LogP contribution in [0.15, 0.2) is 29.6 Å². The highest BCUT2D eigenvalue weighted by atomic mass is 35.5. The van der Waals surface area contributed by atoms with Gasteiger partial charge in [0.05, 0.1) is 23.2 Å². The van der Waals surface area contributed by atoms with Gasteiger partial charge in [-0.2, -0.15) is 0 Å². The Labute approximate surface area is 168 Å². The topological polar surface area (TPSA) is 62.7 Å². The number of nitrogens with zero attached hydrogens (tertiary/aromatic N) is 2. The number of piperidine rings is 1. The standard InChI is InChI=1S/C20H25ClN2O3S/c21-16-4-1-3-15(11-16)12-19-22-17(14-27-19)13-20(25)23-7-5-18(6-8-23)26-10-2-9-24/h1,3-4,11,14,18,24H,2,5-10,12-13H2. The van der Waals surface area contributed by atoms with Crippen molar-refractivity contribution in [3.63, 3.8) is 0 Å². The number of halogens is 1. The summed E-state index contributed by atoms with van der Waals surface area (Å²) in [5.74, 6) is 0.128. The summed E-state index contributed by atoms with van der Waals surface area (Å²) in [5.41, 5.74) is 1.96. The molecule has 0 saturated carbocycles. The van der Waals surface area contributed by atoms with Gasteiger partial charge in [0.1, 0.15) is 0 Å². The highest BCUT2D eigenvalue weighted by Gasteiger charge is 2.23. The van der Waals surface area contributed by atoms with E-state index in [1.54, 1.807) is 11.3 Å². The molecule has 5 nitrogen and oxygen atoms in total. The minimum Gasteiger partial charge on any atom is -0.396 e. The number of amides is 1. The summed E-state index contributed by atoms with van der Waals surface area (Å²) in [6.07, 6.45) is 3.66. The molecule has 1 saturated heterocycles. The quantitative estimate of drug-likeness (QED) is 0.680. The van der Waals surface area contributed by atoms with E-state index in [0.29, 0.717) is 19.4 Å². The predicted molar refractivity (Wildman–Crippen MR) is 107 cm³/mol. The Morgan fingerprint density at radius 1 is 1.37 bits per heavy atom. The van der Waals surface area contributed by atoms with E-state index in [1.807, 2.05) is 34.5 Å². The third kappa shape index (κ3) is 6.28. The molecule has 1 amide bonds. The maximum Gasteiger partial charge on any atom is 0.228 e. The molecule has 7 heteroatoms. The number of hydrogen-bond acceptors (Lipinski definition) is 5. The van der Waals surface area contributed by atoms with Crippen molar-refractivity contribution in [2.24, 2.45) is 0 Å². The lowest BCUT2D eigenvalue weighted by Crippen LogP contribution is -2.41. The number of carbonyl (C=O) groups is 1. The van der Waals surface area contributed by atoms with Crippen LogP contribution < -0.4 is 0 Å². The van der Waals surface area contributed by atoms with E-state index in [-0.39, 0.29) is 18.6 Å². The molecule has 146 valence electrons. The van der Waals surface area contributed by atoms with E-state index in [2.05, 4.69) is 4.98 Å². The summed E-state index contributed by atoms with van der Waals surface area (Å²) in [7, 11) is 0. The van der Waals surface area contributed by atoms with Crippen LogP contribution in [0.5, 0.6) is 0 Å². The van der Waals surface area contributed by atoms with Crippen LogP contribution in [0.4, 0.5) is 0 Å². The van der Waals surface area contributed by atoms with Crippen LogP contribution in [-0.4, -0.2) is 53.3 Å². The zero-order valence-electron chi connectivity index (χ0n) is 15.3. The van der Waals surface area contributed by atoms with Gasteiger partial charge in [-0.15, -0.1) is 11.3 Å². The third-order valence-corrected chi connectivity index (χ3v) is 5.76. The molecule has 27 heavy (non-hydrogen) atoms. The van der Waals surface area contributed by atoms with Crippen molar-refractivity contribution in [3.05, 3.63) is 50.9 Å². The minimum absolute atomic E-state index is 0.128. The molecule has 1 aromatic carbocycles. The van der Waals surface area contributed by atoms with Gasteiger partial charge in [0, 0.05) is 43.1 Å². The zero-order valence-corrected chi connectivity index (χ0v) is 16.8. The number of carbonyl (C=O) groups excluding carboxylic acids is 1. The number of thiazole rings is 1. The lowest BCUT2D eigenvalue weighted by Gasteiger charge is -2.31. The smallest absolute Gasteiger partial charge is 0.228 e. The van der Waals surface area contributed by atoms with Crippen LogP contribution in [0.1, 0.15) is 35.5 Å². The second-order valence-electron chi connectivity index (χ2n) is 6.74. The summed E-state index contributed by atoms with van der Waals surface area (Å²) in [4.78, 5) is 19.1. The number of likely N-dealkylation sites (tertiary alicyclic amines) is 1. The highest BCUT2D eigenvalue weighted by molar-refractivity contribution is 7.09. The Bertz CT molecular complexity index is 744. The lowest BCUT2D eigenvalue weighted by molar-refractivity contribution is -0.133. The molecule has 0 bridgehead atoms. The number of aliphatic hydroxyl groups excluding tert-OH is 1. The second kappa shape index (κ2) is 10.2. The van der Waals surface area contributed by atoms with Crippen molar-refractivity contribution >= 4 is 28.8 Å². The van der Waals surface area contributed by atoms with Gasteiger partial charge in [-0.1, -0.05) is 23.7 Å². The monoisotopic (exact) mass is 408 g/mol. The number of ether oxygens (including phenoxy) is 1. The van der Waals surface area contributed by atoms with E-state index < -0.39 is 0 Å². The predicted octanol–water partition coefficient (Wildman–Crippen LogP) is 3.32. The third-order valence-electron chi connectivity index (χ3n) is 4.63. The van der Waals surface area contributed by atoms with E-state index in [0.717, 1.165) is 53.6 Å². The fraction of sp³-hybridized carbons (Fsp3) is 0.500. The van der Waals surface area contributed by atoms with E-state index in [4.69, 9.17) is 21.4 Å². The molecule has 0 unspecified atom stereocenters. The molecule has 1 fully saturated rings. The van der Waals surface area contributed by atoms with Gasteiger partial charge in [-0.3, -0.25) is 4.79 Å². The molecule has 2 aromatic rings. The molecule has 1 aromatic heterocycles. The van der Waals surface area contributed by atoms with Crippen molar-refractivity contribution in [1.29, 1.82) is 0 Å². The molecular formula is C20H25ClN2O3S. The maximum atomic E-state index is 12.5. The van der Waals surface area contributed by atoms with Gasteiger partial charge in [0.15, 0.2) is 0 Å². The van der Waals surface area contributed by atoms with Crippen molar-refractivity contribution in [2.75, 3.05) is 26.3 Å². The van der Waals surface area contributed by atoms with Crippen LogP contribution in [0.25, 0.3) is 0 Å².